The third-order valence-electron chi connectivity index (χ3n) is 0.309. The van der Waals surface area contributed by atoms with Crippen LogP contribution in [0, 0.1) is 5.38 Å². The van der Waals surface area contributed by atoms with Crippen LogP contribution in [-0.2, 0) is 0 Å². The fourth-order valence-electron chi connectivity index (χ4n) is 0.152. The van der Waals surface area contributed by atoms with Crippen molar-refractivity contribution >= 4 is 34.4 Å². The van der Waals surface area contributed by atoms with Crippen LogP contribution in [-0.4, -0.2) is 28.0 Å². The van der Waals surface area contributed by atoms with Crippen molar-refractivity contribution in [3.05, 3.63) is 17.1 Å². The average Bonchev–Trinajstić information content (AvgIpc) is 1.76. The van der Waals surface area contributed by atoms with Crippen molar-refractivity contribution in [1.29, 1.82) is 0 Å². The van der Waals surface area contributed by atoms with Gasteiger partial charge in [-0.1, -0.05) is 11.7 Å². The van der Waals surface area contributed by atoms with E-state index in [1.807, 2.05) is 0 Å². The first kappa shape index (κ1) is 10.6. The smallest absolute Gasteiger partial charge is 1.00 e. The number of thiazole rings is 1. The van der Waals surface area contributed by atoms with Crippen molar-refractivity contribution in [2.75, 3.05) is 0 Å². The molecule has 0 unspecified atom stereocenters. The molecule has 0 aliphatic heterocycles. The van der Waals surface area contributed by atoms with Crippen LogP contribution in [0.4, 0.5) is 0 Å². The van der Waals surface area contributed by atoms with E-state index >= 15 is 0 Å². The van der Waals surface area contributed by atoms with Crippen LogP contribution in [0.1, 0.15) is 0 Å². The molecular formula is C3H2ClMgNS. The molecule has 1 nitrogen and oxygen atoms in total. The van der Waals surface area contributed by atoms with E-state index in [1.54, 1.807) is 11.7 Å². The van der Waals surface area contributed by atoms with Gasteiger partial charge in [-0.2, -0.15) is 5.38 Å². The Bertz CT molecular complexity index is 71.4. The van der Waals surface area contributed by atoms with Gasteiger partial charge in [0, 0.05) is 0 Å². The number of hydrogen-bond donors (Lipinski definition) is 0. The van der Waals surface area contributed by atoms with Gasteiger partial charge in [-0.05, 0) is 0 Å². The maximum Gasteiger partial charge on any atom is 2.00 e. The number of hydrogen-bond acceptors (Lipinski definition) is 2. The van der Waals surface area contributed by atoms with Gasteiger partial charge < -0.3 is 28.7 Å². The Morgan fingerprint density at radius 2 is 2.29 bits per heavy atom. The SMILES string of the molecule is [Cl-].[Mg+2].[c-]1cncs1. The van der Waals surface area contributed by atoms with E-state index in [0.717, 1.165) is 0 Å². The van der Waals surface area contributed by atoms with Crippen LogP contribution in [0.15, 0.2) is 11.7 Å². The summed E-state index contributed by atoms with van der Waals surface area (Å²) in [6.07, 6.45) is 1.64. The third kappa shape index (κ3) is 4.54. The molecule has 4 heteroatoms. The first-order valence-corrected chi connectivity index (χ1v) is 2.12. The molecule has 1 heterocycles. The van der Waals surface area contributed by atoms with Gasteiger partial charge in [0.15, 0.2) is 0 Å². The molecule has 34 valence electrons. The summed E-state index contributed by atoms with van der Waals surface area (Å²) in [5, 5.41) is 2.79. The maximum atomic E-state index is 3.69. The van der Waals surface area contributed by atoms with Crippen molar-refractivity contribution in [2.24, 2.45) is 0 Å². The molecule has 0 aromatic carbocycles. The molecule has 0 aliphatic carbocycles. The minimum atomic E-state index is 0. The molecule has 0 atom stereocenters. The van der Waals surface area contributed by atoms with Gasteiger partial charge in [-0.3, -0.25) is 0 Å². The summed E-state index contributed by atoms with van der Waals surface area (Å²) in [6.45, 7) is 0. The first-order chi connectivity index (χ1) is 2.50. The molecule has 7 heavy (non-hydrogen) atoms. The summed E-state index contributed by atoms with van der Waals surface area (Å²) >= 11 is 1.48. The second-order valence-corrected chi connectivity index (χ2v) is 1.30. The molecule has 0 amide bonds. The standard InChI is InChI=1S/C3H2NS.ClH.Mg/c1-2-5-3-4-1;;/h1,3H;1H;/q-1;;+2/p-1. The van der Waals surface area contributed by atoms with Crippen LogP contribution in [0.3, 0.4) is 0 Å². The summed E-state index contributed by atoms with van der Waals surface area (Å²) in [5.41, 5.74) is 1.74. The number of halogens is 1. The Hall–Kier alpha value is 0.686. The van der Waals surface area contributed by atoms with E-state index in [0.29, 0.717) is 0 Å². The van der Waals surface area contributed by atoms with E-state index < -0.39 is 0 Å². The van der Waals surface area contributed by atoms with Crippen molar-refractivity contribution in [3.63, 3.8) is 0 Å². The van der Waals surface area contributed by atoms with Crippen molar-refractivity contribution in [3.8, 4) is 0 Å². The molecule has 0 bridgehead atoms. The largest absolute Gasteiger partial charge is 2.00 e. The van der Waals surface area contributed by atoms with Crippen LogP contribution in [0.2, 0.25) is 0 Å². The van der Waals surface area contributed by atoms with Crippen LogP contribution < -0.4 is 12.4 Å². The number of rotatable bonds is 0. The number of aromatic nitrogens is 1. The molecular weight excluding hydrogens is 142 g/mol. The summed E-state index contributed by atoms with van der Waals surface area (Å²) in [4.78, 5) is 3.69. The predicted octanol–water partition coefficient (Wildman–Crippen LogP) is -2.43. The topological polar surface area (TPSA) is 12.9 Å². The normalized spacial score (nSPS) is 5.71. The van der Waals surface area contributed by atoms with E-state index in [2.05, 4.69) is 10.4 Å². The van der Waals surface area contributed by atoms with Gasteiger partial charge in [-0.25, -0.2) is 0 Å². The zero-order valence-corrected chi connectivity index (χ0v) is 6.58. The Morgan fingerprint density at radius 1 is 1.57 bits per heavy atom. The molecule has 1 aromatic heterocycles. The quantitative estimate of drug-likeness (QED) is 0.291. The van der Waals surface area contributed by atoms with E-state index in [1.165, 1.54) is 11.3 Å². The summed E-state index contributed by atoms with van der Waals surface area (Å²) in [7, 11) is 0. The second kappa shape index (κ2) is 6.69. The van der Waals surface area contributed by atoms with Crippen LogP contribution in [0.25, 0.3) is 0 Å². The summed E-state index contributed by atoms with van der Waals surface area (Å²) < 4.78 is 0. The molecule has 0 saturated carbocycles. The molecule has 1 aromatic rings. The Balaban J connectivity index is 0. The Kier molecular flexibility index (Phi) is 10.2. The number of nitrogens with zero attached hydrogens (tertiary/aromatic N) is 1. The minimum Gasteiger partial charge on any atom is -1.00 e. The van der Waals surface area contributed by atoms with E-state index in [4.69, 9.17) is 0 Å². The maximum absolute atomic E-state index is 3.69. The van der Waals surface area contributed by atoms with Gasteiger partial charge in [0.05, 0.1) is 0 Å². The van der Waals surface area contributed by atoms with Gasteiger partial charge in [0.1, 0.15) is 0 Å². The molecule has 0 aliphatic rings. The Labute approximate surface area is 68.7 Å². The minimum absolute atomic E-state index is 0. The van der Waals surface area contributed by atoms with Crippen molar-refractivity contribution in [1.82, 2.24) is 4.98 Å². The van der Waals surface area contributed by atoms with Gasteiger partial charge >= 0.3 is 23.1 Å². The predicted molar refractivity (Wildman–Crippen MR) is 26.7 cm³/mol. The molecule has 0 radical (unpaired) electrons. The molecule has 0 N–H and O–H groups in total. The van der Waals surface area contributed by atoms with E-state index in [-0.39, 0.29) is 35.5 Å². The van der Waals surface area contributed by atoms with Crippen molar-refractivity contribution < 1.29 is 12.4 Å². The molecule has 0 spiro atoms. The summed E-state index contributed by atoms with van der Waals surface area (Å²) in [5.74, 6) is 0. The Morgan fingerprint density at radius 3 is 2.43 bits per heavy atom. The first-order valence-electron chi connectivity index (χ1n) is 1.24. The summed E-state index contributed by atoms with van der Waals surface area (Å²) in [6, 6.07) is 0. The average molecular weight is 144 g/mol. The fraction of sp³-hybridized carbons (Fsp3) is 0. The monoisotopic (exact) mass is 143 g/mol. The fourth-order valence-corrected chi connectivity index (χ4v) is 0.456. The molecule has 0 saturated heterocycles. The van der Waals surface area contributed by atoms with Crippen LogP contribution in [0.5, 0.6) is 0 Å². The second-order valence-electron chi connectivity index (χ2n) is 0.619. The van der Waals surface area contributed by atoms with E-state index in [9.17, 15) is 0 Å². The van der Waals surface area contributed by atoms with Gasteiger partial charge in [-0.15, -0.1) is 0 Å². The molecule has 0 fully saturated rings. The third-order valence-corrected chi connectivity index (χ3v) is 0.777. The van der Waals surface area contributed by atoms with Crippen LogP contribution >= 0.6 is 11.3 Å². The zero-order chi connectivity index (χ0) is 3.54. The van der Waals surface area contributed by atoms with Gasteiger partial charge in [0.25, 0.3) is 0 Å². The van der Waals surface area contributed by atoms with Crippen molar-refractivity contribution in [2.45, 2.75) is 0 Å². The van der Waals surface area contributed by atoms with Gasteiger partial charge in [0.2, 0.25) is 0 Å². The zero-order valence-electron chi connectivity index (χ0n) is 3.60. The molecule has 1 rings (SSSR count).